The molecule has 0 aliphatic carbocycles. The molecule has 7 heteroatoms. The van der Waals surface area contributed by atoms with E-state index in [-0.39, 0.29) is 10.7 Å². The molecule has 0 saturated carbocycles. The quantitative estimate of drug-likeness (QED) is 0.211. The van der Waals surface area contributed by atoms with E-state index in [2.05, 4.69) is 44.6 Å². The summed E-state index contributed by atoms with van der Waals surface area (Å²) >= 11 is 7.60. The Hall–Kier alpha value is -2.78. The summed E-state index contributed by atoms with van der Waals surface area (Å²) in [6, 6.07) is 15.9. The molecule has 162 valence electrons. The number of rotatable bonds is 3. The summed E-state index contributed by atoms with van der Waals surface area (Å²) in [7, 11) is 0. The van der Waals surface area contributed by atoms with Crippen LogP contribution in [0, 0.1) is 31.3 Å². The van der Waals surface area contributed by atoms with Crippen molar-refractivity contribution in [2.75, 3.05) is 4.90 Å². The molecule has 2 aromatic carbocycles. The van der Waals surface area contributed by atoms with Crippen molar-refractivity contribution in [2.45, 2.75) is 27.7 Å². The Labute approximate surface area is 206 Å². The van der Waals surface area contributed by atoms with E-state index in [4.69, 9.17) is 12.2 Å². The van der Waals surface area contributed by atoms with Gasteiger partial charge in [0.15, 0.2) is 5.11 Å². The van der Waals surface area contributed by atoms with Gasteiger partial charge in [0.1, 0.15) is 5.57 Å². The molecule has 1 saturated heterocycles. The number of aryl methyl sites for hydroxylation is 3. The second-order valence-corrected chi connectivity index (χ2v) is 9.50. The number of halogens is 1. The van der Waals surface area contributed by atoms with E-state index < -0.39 is 11.8 Å². The van der Waals surface area contributed by atoms with Crippen LogP contribution in [-0.4, -0.2) is 21.5 Å². The SMILES string of the molecule is Cc1ccc(N2C(=O)/C(=C/c3cc(C)n(-c4ccc(I)cc4)c3C)C(=O)NC2=S)cc1C. The summed E-state index contributed by atoms with van der Waals surface area (Å²) in [4.78, 5) is 27.4. The first-order valence-electron chi connectivity index (χ1n) is 10.1. The van der Waals surface area contributed by atoms with Crippen LogP contribution < -0.4 is 10.2 Å². The predicted molar refractivity (Wildman–Crippen MR) is 140 cm³/mol. The van der Waals surface area contributed by atoms with Crippen molar-refractivity contribution in [1.82, 2.24) is 9.88 Å². The summed E-state index contributed by atoms with van der Waals surface area (Å²) in [6.07, 6.45) is 1.65. The predicted octanol–water partition coefficient (Wildman–Crippen LogP) is 5.15. The lowest BCUT2D eigenvalue weighted by Crippen LogP contribution is -2.54. The Balaban J connectivity index is 1.76. The fourth-order valence-electron chi connectivity index (χ4n) is 3.83. The molecule has 1 aliphatic heterocycles. The molecule has 3 aromatic rings. The van der Waals surface area contributed by atoms with Gasteiger partial charge in [-0.3, -0.25) is 19.8 Å². The summed E-state index contributed by atoms with van der Waals surface area (Å²) in [5, 5.41) is 2.75. The maximum Gasteiger partial charge on any atom is 0.270 e. The molecule has 0 unspecified atom stereocenters. The molecular formula is C25H22IN3O2S. The first-order valence-corrected chi connectivity index (χ1v) is 11.6. The normalized spacial score (nSPS) is 15.5. The van der Waals surface area contributed by atoms with Crippen molar-refractivity contribution < 1.29 is 9.59 Å². The third-order valence-corrected chi connectivity index (χ3v) is 6.71. The van der Waals surface area contributed by atoms with Crippen LogP contribution >= 0.6 is 34.8 Å². The third kappa shape index (κ3) is 4.02. The van der Waals surface area contributed by atoms with Crippen LogP contribution in [-0.2, 0) is 9.59 Å². The van der Waals surface area contributed by atoms with E-state index >= 15 is 0 Å². The van der Waals surface area contributed by atoms with E-state index in [9.17, 15) is 9.59 Å². The van der Waals surface area contributed by atoms with Gasteiger partial charge >= 0.3 is 0 Å². The molecule has 0 atom stereocenters. The second kappa shape index (κ2) is 8.63. The Morgan fingerprint density at radius 1 is 0.906 bits per heavy atom. The number of amides is 2. The van der Waals surface area contributed by atoms with Crippen LogP contribution in [0.4, 0.5) is 5.69 Å². The lowest BCUT2D eigenvalue weighted by Gasteiger charge is -2.29. The molecule has 5 nitrogen and oxygen atoms in total. The number of carbonyl (C=O) groups excluding carboxylic acids is 2. The Kier molecular flexibility index (Phi) is 6.05. The van der Waals surface area contributed by atoms with Gasteiger partial charge < -0.3 is 4.57 Å². The van der Waals surface area contributed by atoms with E-state index in [0.29, 0.717) is 5.69 Å². The van der Waals surface area contributed by atoms with Gasteiger partial charge in [-0.25, -0.2) is 0 Å². The Morgan fingerprint density at radius 3 is 2.22 bits per heavy atom. The summed E-state index contributed by atoms with van der Waals surface area (Å²) < 4.78 is 3.27. The van der Waals surface area contributed by atoms with Crippen LogP contribution in [0.15, 0.2) is 54.1 Å². The summed E-state index contributed by atoms with van der Waals surface area (Å²) in [5.74, 6) is -0.916. The highest BCUT2D eigenvalue weighted by molar-refractivity contribution is 14.1. The zero-order chi connectivity index (χ0) is 23.2. The highest BCUT2D eigenvalue weighted by Gasteiger charge is 2.34. The molecule has 2 amide bonds. The molecule has 1 N–H and O–H groups in total. The molecular weight excluding hydrogens is 533 g/mol. The van der Waals surface area contributed by atoms with Crippen molar-refractivity contribution in [3.8, 4) is 5.69 Å². The standard InChI is InChI=1S/C25H22IN3O2S/c1-14-5-8-21(11-15(14)2)29-24(31)22(23(30)27-25(29)32)13-18-12-16(3)28(17(18)4)20-9-6-19(26)7-10-20/h5-13H,1-4H3,(H,27,30,32)/b22-13+. The largest absolute Gasteiger partial charge is 0.318 e. The van der Waals surface area contributed by atoms with Gasteiger partial charge in [-0.15, -0.1) is 0 Å². The Bertz CT molecular complexity index is 1310. The lowest BCUT2D eigenvalue weighted by atomic mass is 10.1. The smallest absolute Gasteiger partial charge is 0.270 e. The van der Waals surface area contributed by atoms with Gasteiger partial charge in [0.25, 0.3) is 11.8 Å². The molecule has 32 heavy (non-hydrogen) atoms. The minimum Gasteiger partial charge on any atom is -0.318 e. The fraction of sp³-hybridized carbons (Fsp3) is 0.160. The van der Waals surface area contributed by atoms with E-state index in [1.54, 1.807) is 6.08 Å². The van der Waals surface area contributed by atoms with E-state index in [0.717, 1.165) is 37.3 Å². The van der Waals surface area contributed by atoms with Crippen LogP contribution in [0.3, 0.4) is 0 Å². The average Bonchev–Trinajstić information content (AvgIpc) is 3.01. The van der Waals surface area contributed by atoms with E-state index in [1.165, 1.54) is 4.90 Å². The zero-order valence-corrected chi connectivity index (χ0v) is 21.2. The zero-order valence-electron chi connectivity index (χ0n) is 18.2. The minimum absolute atomic E-state index is 0.0553. The monoisotopic (exact) mass is 555 g/mol. The van der Waals surface area contributed by atoms with Gasteiger partial charge in [0.2, 0.25) is 0 Å². The minimum atomic E-state index is -0.487. The van der Waals surface area contributed by atoms with Crippen molar-refractivity contribution in [1.29, 1.82) is 0 Å². The van der Waals surface area contributed by atoms with Crippen molar-refractivity contribution in [3.05, 3.63) is 85.8 Å². The number of nitrogens with zero attached hydrogens (tertiary/aromatic N) is 2. The van der Waals surface area contributed by atoms with Gasteiger partial charge in [-0.05, 0) is 128 Å². The topological polar surface area (TPSA) is 54.3 Å². The number of hydrogen-bond donors (Lipinski definition) is 1. The highest BCUT2D eigenvalue weighted by atomic mass is 127. The fourth-order valence-corrected chi connectivity index (χ4v) is 4.47. The number of benzene rings is 2. The molecule has 4 rings (SSSR count). The molecule has 1 aliphatic rings. The first kappa shape index (κ1) is 22.4. The van der Waals surface area contributed by atoms with Crippen LogP contribution in [0.5, 0.6) is 0 Å². The average molecular weight is 555 g/mol. The summed E-state index contributed by atoms with van der Waals surface area (Å²) in [5.41, 5.74) is 6.66. The molecule has 0 bridgehead atoms. The molecule has 0 radical (unpaired) electrons. The van der Waals surface area contributed by atoms with Crippen LogP contribution in [0.25, 0.3) is 11.8 Å². The van der Waals surface area contributed by atoms with E-state index in [1.807, 2.05) is 64.1 Å². The molecule has 1 aromatic heterocycles. The van der Waals surface area contributed by atoms with Gasteiger partial charge in [-0.2, -0.15) is 0 Å². The third-order valence-electron chi connectivity index (χ3n) is 5.71. The maximum absolute atomic E-state index is 13.4. The van der Waals surface area contributed by atoms with Crippen molar-refractivity contribution in [2.24, 2.45) is 0 Å². The van der Waals surface area contributed by atoms with Gasteiger partial charge in [0.05, 0.1) is 5.69 Å². The number of thiocarbonyl (C=S) groups is 1. The van der Waals surface area contributed by atoms with Crippen molar-refractivity contribution in [3.63, 3.8) is 0 Å². The van der Waals surface area contributed by atoms with Crippen LogP contribution in [0.2, 0.25) is 0 Å². The number of aromatic nitrogens is 1. The number of nitrogens with one attached hydrogen (secondary N) is 1. The summed E-state index contributed by atoms with van der Waals surface area (Å²) in [6.45, 7) is 7.97. The first-order chi connectivity index (χ1) is 15.2. The molecule has 2 heterocycles. The lowest BCUT2D eigenvalue weighted by molar-refractivity contribution is -0.122. The Morgan fingerprint density at radius 2 is 1.56 bits per heavy atom. The second-order valence-electron chi connectivity index (χ2n) is 7.86. The number of carbonyl (C=O) groups is 2. The number of anilines is 1. The molecule has 0 spiro atoms. The maximum atomic E-state index is 13.4. The van der Waals surface area contributed by atoms with Crippen LogP contribution in [0.1, 0.15) is 28.1 Å². The molecule has 1 fully saturated rings. The highest BCUT2D eigenvalue weighted by Crippen LogP contribution is 2.27. The van der Waals surface area contributed by atoms with Gasteiger partial charge in [-0.1, -0.05) is 6.07 Å². The number of hydrogen-bond acceptors (Lipinski definition) is 3. The van der Waals surface area contributed by atoms with Gasteiger partial charge in [0, 0.05) is 20.6 Å². The van der Waals surface area contributed by atoms with Crippen molar-refractivity contribution >= 4 is 63.5 Å².